The van der Waals surface area contributed by atoms with Gasteiger partial charge in [0.2, 0.25) is 0 Å². The van der Waals surface area contributed by atoms with E-state index >= 15 is 0 Å². The monoisotopic (exact) mass is 397 g/mol. The van der Waals surface area contributed by atoms with Crippen molar-refractivity contribution in [2.75, 3.05) is 6.54 Å². The lowest BCUT2D eigenvalue weighted by Gasteiger charge is -2.16. The molecule has 4 heteroatoms. The first-order valence-electron chi connectivity index (χ1n) is 9.57. The fraction of sp³-hybridized carbons (Fsp3) is 0.200. The molecule has 0 aliphatic heterocycles. The molecule has 0 radical (unpaired) electrons. The minimum absolute atomic E-state index is 0.752. The van der Waals surface area contributed by atoms with E-state index in [9.17, 15) is 0 Å². The van der Waals surface area contributed by atoms with Crippen molar-refractivity contribution in [3.05, 3.63) is 87.1 Å². The Morgan fingerprint density at radius 3 is 2.31 bits per heavy atom. The highest BCUT2D eigenvalue weighted by Gasteiger charge is 2.02. The zero-order valence-corrected chi connectivity index (χ0v) is 17.5. The van der Waals surface area contributed by atoms with Crippen LogP contribution in [0.25, 0.3) is 0 Å². The predicted molar refractivity (Wildman–Crippen MR) is 121 cm³/mol. The Labute approximate surface area is 177 Å². The maximum Gasteiger partial charge on any atom is 0.0875 e. The third-order valence-corrected chi connectivity index (χ3v) is 5.13. The van der Waals surface area contributed by atoms with E-state index in [0.717, 1.165) is 40.5 Å². The topological polar surface area (TPSA) is 28.0 Å². The number of thiophene rings is 1. The van der Waals surface area contributed by atoms with Crippen LogP contribution in [0.5, 0.6) is 0 Å². The van der Waals surface area contributed by atoms with Gasteiger partial charge in [-0.15, -0.1) is 22.9 Å². The van der Waals surface area contributed by atoms with Crippen molar-refractivity contribution < 1.29 is 0 Å². The van der Waals surface area contributed by atoms with E-state index in [1.54, 1.807) is 0 Å². The maximum absolute atomic E-state index is 5.39. The number of benzene rings is 2. The summed E-state index contributed by atoms with van der Waals surface area (Å²) < 4.78 is 0. The number of terminal acetylenes is 1. The smallest absolute Gasteiger partial charge is 0.0875 e. The second kappa shape index (κ2) is 10.3. The molecule has 144 valence electrons. The van der Waals surface area contributed by atoms with Crippen LogP contribution in [-0.4, -0.2) is 11.6 Å². The molecule has 1 aromatic heterocycles. The normalized spacial score (nSPS) is 10.4. The molecule has 3 nitrogen and oxygen atoms in total. The summed E-state index contributed by atoms with van der Waals surface area (Å²) in [6.07, 6.45) is 6.41. The van der Waals surface area contributed by atoms with Gasteiger partial charge in [0.05, 0.1) is 22.0 Å². The lowest BCUT2D eigenvalue weighted by atomic mass is 10.1. The summed E-state index contributed by atoms with van der Waals surface area (Å²) in [5, 5.41) is 10.8. The summed E-state index contributed by atoms with van der Waals surface area (Å²) in [6.45, 7) is 5.85. The van der Waals surface area contributed by atoms with Crippen LogP contribution in [0.15, 0.2) is 71.0 Å². The summed E-state index contributed by atoms with van der Waals surface area (Å²) in [5.74, 6) is 8.93. The molecular weight excluding hydrogens is 374 g/mol. The third kappa shape index (κ3) is 6.35. The molecule has 0 unspecified atom stereocenters. The fourth-order valence-corrected chi connectivity index (χ4v) is 3.33. The van der Waals surface area contributed by atoms with Crippen LogP contribution in [0.4, 0.5) is 5.69 Å². The van der Waals surface area contributed by atoms with Crippen LogP contribution in [0.3, 0.4) is 0 Å². The van der Waals surface area contributed by atoms with Crippen LogP contribution in [-0.2, 0) is 6.54 Å². The lowest BCUT2D eigenvalue weighted by Crippen LogP contribution is -2.17. The molecule has 0 aliphatic rings. The van der Waals surface area contributed by atoms with Gasteiger partial charge in [0.1, 0.15) is 0 Å². The maximum atomic E-state index is 5.39. The largest absolute Gasteiger partial charge is 0.274 e. The average Bonchev–Trinajstić information content (AvgIpc) is 3.21. The van der Waals surface area contributed by atoms with Gasteiger partial charge < -0.3 is 0 Å². The molecule has 0 saturated heterocycles. The minimum Gasteiger partial charge on any atom is -0.274 e. The summed E-state index contributed by atoms with van der Waals surface area (Å²) in [7, 11) is 0. The van der Waals surface area contributed by atoms with E-state index in [1.807, 2.05) is 41.4 Å². The van der Waals surface area contributed by atoms with E-state index in [1.165, 1.54) is 22.5 Å². The predicted octanol–water partition coefficient (Wildman–Crippen LogP) is 6.35. The van der Waals surface area contributed by atoms with Gasteiger partial charge in [-0.05, 0) is 55.3 Å². The highest BCUT2D eigenvalue weighted by Crippen LogP contribution is 2.17. The molecule has 0 bridgehead atoms. The number of hydrogen-bond acceptors (Lipinski definition) is 3. The van der Waals surface area contributed by atoms with Crippen LogP contribution in [0.2, 0.25) is 0 Å². The van der Waals surface area contributed by atoms with E-state index < -0.39 is 0 Å². The van der Waals surface area contributed by atoms with Crippen LogP contribution in [0.1, 0.15) is 39.8 Å². The Balaban J connectivity index is 1.64. The summed E-state index contributed by atoms with van der Waals surface area (Å²) in [6, 6.07) is 20.2. The SMILES string of the molecule is C#Cc1ccc(C#Cc2ccc(N=NN(CCC)Cc3ccc(C)cc3)cc2)s1. The molecule has 29 heavy (non-hydrogen) atoms. The van der Waals surface area contributed by atoms with Crippen LogP contribution >= 0.6 is 11.3 Å². The third-order valence-electron chi connectivity index (χ3n) is 4.20. The summed E-state index contributed by atoms with van der Waals surface area (Å²) in [5.41, 5.74) is 4.24. The molecule has 0 atom stereocenters. The molecular formula is C25H23N3S. The molecule has 1 heterocycles. The van der Waals surface area contributed by atoms with E-state index in [2.05, 4.69) is 66.2 Å². The highest BCUT2D eigenvalue weighted by atomic mass is 32.1. The molecule has 0 spiro atoms. The van der Waals surface area contributed by atoms with E-state index in [0.29, 0.717) is 0 Å². The van der Waals surface area contributed by atoms with E-state index in [4.69, 9.17) is 6.42 Å². The standard InChI is InChI=1S/C25H23N3S/c1-4-18-28(19-22-8-6-20(3)7-9-22)27-26-23-13-10-21(11-14-23)12-15-25-17-16-24(5-2)29-25/h2,6-11,13-14,16-17H,4,18-19H2,1,3H3. The van der Waals surface area contributed by atoms with Crippen molar-refractivity contribution in [2.45, 2.75) is 26.8 Å². The van der Waals surface area contributed by atoms with Gasteiger partial charge in [-0.1, -0.05) is 59.7 Å². The quantitative estimate of drug-likeness (QED) is 0.271. The Morgan fingerprint density at radius 1 is 0.931 bits per heavy atom. The second-order valence-corrected chi connectivity index (χ2v) is 7.75. The first-order valence-corrected chi connectivity index (χ1v) is 10.4. The molecule has 0 fully saturated rings. The van der Waals surface area contributed by atoms with Crippen molar-refractivity contribution in [1.82, 2.24) is 5.01 Å². The highest BCUT2D eigenvalue weighted by molar-refractivity contribution is 7.13. The van der Waals surface area contributed by atoms with Gasteiger partial charge >= 0.3 is 0 Å². The Kier molecular flexibility index (Phi) is 7.22. The van der Waals surface area contributed by atoms with Crippen molar-refractivity contribution in [1.29, 1.82) is 0 Å². The van der Waals surface area contributed by atoms with Crippen molar-refractivity contribution in [3.63, 3.8) is 0 Å². The summed E-state index contributed by atoms with van der Waals surface area (Å²) >= 11 is 1.52. The van der Waals surface area contributed by atoms with Gasteiger partial charge in [-0.3, -0.25) is 5.01 Å². The van der Waals surface area contributed by atoms with Crippen LogP contribution in [0, 0.1) is 31.1 Å². The molecule has 3 aromatic rings. The zero-order chi connectivity index (χ0) is 20.5. The Bertz CT molecular complexity index is 1060. The van der Waals surface area contributed by atoms with Crippen molar-refractivity contribution >= 4 is 17.0 Å². The van der Waals surface area contributed by atoms with Crippen molar-refractivity contribution in [2.24, 2.45) is 10.3 Å². The molecule has 0 aliphatic carbocycles. The molecule has 0 amide bonds. The molecule has 2 aromatic carbocycles. The van der Waals surface area contributed by atoms with Crippen molar-refractivity contribution in [3.8, 4) is 24.2 Å². The number of aryl methyl sites for hydroxylation is 1. The number of rotatable bonds is 6. The first kappa shape index (κ1) is 20.4. The fourth-order valence-electron chi connectivity index (χ4n) is 2.66. The van der Waals surface area contributed by atoms with Gasteiger partial charge in [0.15, 0.2) is 0 Å². The minimum atomic E-state index is 0.752. The number of hydrogen-bond donors (Lipinski definition) is 0. The zero-order valence-electron chi connectivity index (χ0n) is 16.7. The average molecular weight is 398 g/mol. The number of nitrogens with zero attached hydrogens (tertiary/aromatic N) is 3. The second-order valence-electron chi connectivity index (χ2n) is 6.67. The van der Waals surface area contributed by atoms with Crippen LogP contribution < -0.4 is 0 Å². The van der Waals surface area contributed by atoms with Gasteiger partial charge in [-0.2, -0.15) is 0 Å². The lowest BCUT2D eigenvalue weighted by molar-refractivity contribution is 0.262. The summed E-state index contributed by atoms with van der Waals surface area (Å²) in [4.78, 5) is 1.86. The van der Waals surface area contributed by atoms with Gasteiger partial charge in [0, 0.05) is 12.1 Å². The van der Waals surface area contributed by atoms with E-state index in [-0.39, 0.29) is 0 Å². The van der Waals surface area contributed by atoms with Gasteiger partial charge in [-0.25, -0.2) is 0 Å². The first-order chi connectivity index (χ1) is 14.2. The van der Waals surface area contributed by atoms with Gasteiger partial charge in [0.25, 0.3) is 0 Å². The Morgan fingerprint density at radius 2 is 1.66 bits per heavy atom. The molecule has 3 rings (SSSR count). The molecule has 0 N–H and O–H groups in total. The molecule has 0 saturated carbocycles. The Hall–Kier alpha value is -3.34.